The number of ether oxygens (including phenoxy) is 2. The second-order valence-electron chi connectivity index (χ2n) is 5.55. The van der Waals surface area contributed by atoms with Crippen molar-refractivity contribution in [2.75, 3.05) is 18.7 Å². The fourth-order valence-corrected chi connectivity index (χ4v) is 2.90. The molecule has 0 radical (unpaired) electrons. The number of pyridine rings is 1. The molecule has 20 heavy (non-hydrogen) atoms. The van der Waals surface area contributed by atoms with Crippen LogP contribution in [0.4, 0.5) is 5.82 Å². The van der Waals surface area contributed by atoms with E-state index in [0.717, 1.165) is 40.9 Å². The molecule has 3 N–H and O–H groups in total. The third-order valence-corrected chi connectivity index (χ3v) is 4.34. The molecule has 4 rings (SSSR count). The summed E-state index contributed by atoms with van der Waals surface area (Å²) in [6, 6.07) is 5.98. The highest BCUT2D eigenvalue weighted by atomic mass is 16.7. The standard InChI is InChI=1S/C15H17N3O2/c16-8-15(3-1-4-15)18-14-11-7-13-12(19-9-20-13)6-10(11)2-5-17-14/h2,5-7H,1,3-4,8-9,16H2,(H,17,18). The van der Waals surface area contributed by atoms with Crippen LogP contribution in [0.2, 0.25) is 0 Å². The monoisotopic (exact) mass is 271 g/mol. The van der Waals surface area contributed by atoms with Crippen molar-refractivity contribution in [1.29, 1.82) is 0 Å². The molecule has 104 valence electrons. The highest BCUT2D eigenvalue weighted by Crippen LogP contribution is 2.40. The zero-order chi connectivity index (χ0) is 13.6. The predicted octanol–water partition coefficient (Wildman–Crippen LogP) is 2.26. The molecule has 0 unspecified atom stereocenters. The third-order valence-electron chi connectivity index (χ3n) is 4.34. The van der Waals surface area contributed by atoms with Gasteiger partial charge in [-0.25, -0.2) is 4.98 Å². The van der Waals surface area contributed by atoms with Gasteiger partial charge in [-0.2, -0.15) is 0 Å². The number of nitrogens with one attached hydrogen (secondary N) is 1. The lowest BCUT2D eigenvalue weighted by Crippen LogP contribution is -2.51. The summed E-state index contributed by atoms with van der Waals surface area (Å²) < 4.78 is 10.9. The summed E-state index contributed by atoms with van der Waals surface area (Å²) in [6.07, 6.45) is 5.25. The normalized spacial score (nSPS) is 18.9. The van der Waals surface area contributed by atoms with Crippen LogP contribution in [0.1, 0.15) is 19.3 Å². The van der Waals surface area contributed by atoms with E-state index in [1.165, 1.54) is 6.42 Å². The molecule has 0 atom stereocenters. The summed E-state index contributed by atoms with van der Waals surface area (Å²) >= 11 is 0. The van der Waals surface area contributed by atoms with Crippen molar-refractivity contribution in [2.24, 2.45) is 5.73 Å². The first-order chi connectivity index (χ1) is 9.80. The van der Waals surface area contributed by atoms with Crippen LogP contribution >= 0.6 is 0 Å². The maximum atomic E-state index is 5.92. The van der Waals surface area contributed by atoms with Crippen molar-refractivity contribution in [3.05, 3.63) is 24.4 Å². The Labute approximate surface area is 117 Å². The van der Waals surface area contributed by atoms with Crippen LogP contribution in [0.25, 0.3) is 10.8 Å². The maximum Gasteiger partial charge on any atom is 0.231 e. The lowest BCUT2D eigenvalue weighted by atomic mass is 9.77. The largest absolute Gasteiger partial charge is 0.454 e. The van der Waals surface area contributed by atoms with Gasteiger partial charge < -0.3 is 20.5 Å². The Balaban J connectivity index is 1.79. The molecule has 0 bridgehead atoms. The fraction of sp³-hybridized carbons (Fsp3) is 0.400. The van der Waals surface area contributed by atoms with E-state index in [2.05, 4.69) is 10.3 Å². The van der Waals surface area contributed by atoms with Crippen LogP contribution < -0.4 is 20.5 Å². The second kappa shape index (κ2) is 4.24. The minimum absolute atomic E-state index is 0.0116. The van der Waals surface area contributed by atoms with Crippen molar-refractivity contribution in [3.8, 4) is 11.5 Å². The van der Waals surface area contributed by atoms with Gasteiger partial charge in [0.1, 0.15) is 5.82 Å². The van der Waals surface area contributed by atoms with Gasteiger partial charge in [-0.1, -0.05) is 0 Å². The molecule has 0 amide bonds. The third kappa shape index (κ3) is 1.70. The van der Waals surface area contributed by atoms with Gasteiger partial charge in [0, 0.05) is 18.1 Å². The second-order valence-corrected chi connectivity index (χ2v) is 5.55. The highest BCUT2D eigenvalue weighted by molar-refractivity contribution is 5.94. The molecular weight excluding hydrogens is 254 g/mol. The molecule has 0 spiro atoms. The molecular formula is C15H17N3O2. The number of nitrogens with two attached hydrogens (primary N) is 1. The van der Waals surface area contributed by atoms with E-state index >= 15 is 0 Å². The summed E-state index contributed by atoms with van der Waals surface area (Å²) in [5.74, 6) is 2.46. The molecule has 1 fully saturated rings. The van der Waals surface area contributed by atoms with Crippen molar-refractivity contribution < 1.29 is 9.47 Å². The number of hydrogen-bond donors (Lipinski definition) is 2. The number of nitrogens with zero attached hydrogens (tertiary/aromatic N) is 1. The van der Waals surface area contributed by atoms with Gasteiger partial charge >= 0.3 is 0 Å². The topological polar surface area (TPSA) is 69.4 Å². The van der Waals surface area contributed by atoms with Crippen LogP contribution in [0.15, 0.2) is 24.4 Å². The van der Waals surface area contributed by atoms with Gasteiger partial charge in [-0.3, -0.25) is 0 Å². The average molecular weight is 271 g/mol. The first-order valence-corrected chi connectivity index (χ1v) is 6.96. The van der Waals surface area contributed by atoms with Gasteiger partial charge in [-0.05, 0) is 42.8 Å². The number of rotatable bonds is 3. The lowest BCUT2D eigenvalue weighted by Gasteiger charge is -2.42. The number of aromatic nitrogens is 1. The lowest BCUT2D eigenvalue weighted by molar-refractivity contribution is 0.174. The summed E-state index contributed by atoms with van der Waals surface area (Å²) in [6.45, 7) is 0.921. The summed E-state index contributed by atoms with van der Waals surface area (Å²) in [5.41, 5.74) is 5.93. The van der Waals surface area contributed by atoms with E-state index in [-0.39, 0.29) is 12.3 Å². The van der Waals surface area contributed by atoms with Crippen LogP contribution in [-0.2, 0) is 0 Å². The molecule has 2 aliphatic rings. The van der Waals surface area contributed by atoms with E-state index < -0.39 is 0 Å². The number of hydrogen-bond acceptors (Lipinski definition) is 5. The molecule has 5 heteroatoms. The van der Waals surface area contributed by atoms with Gasteiger partial charge in [-0.15, -0.1) is 0 Å². The van der Waals surface area contributed by atoms with E-state index in [4.69, 9.17) is 15.2 Å². The van der Waals surface area contributed by atoms with Crippen LogP contribution in [0.3, 0.4) is 0 Å². The van der Waals surface area contributed by atoms with Gasteiger partial charge in [0.15, 0.2) is 11.5 Å². The number of benzene rings is 1. The molecule has 1 aliphatic heterocycles. The van der Waals surface area contributed by atoms with Crippen LogP contribution in [-0.4, -0.2) is 23.9 Å². The number of fused-ring (bicyclic) bond motifs is 2. The number of anilines is 1. The summed E-state index contributed by atoms with van der Waals surface area (Å²) in [4.78, 5) is 4.48. The maximum absolute atomic E-state index is 5.92. The first kappa shape index (κ1) is 11.8. The van der Waals surface area contributed by atoms with Crippen molar-refractivity contribution in [2.45, 2.75) is 24.8 Å². The molecule has 5 nitrogen and oxygen atoms in total. The van der Waals surface area contributed by atoms with Crippen LogP contribution in [0.5, 0.6) is 11.5 Å². The first-order valence-electron chi connectivity index (χ1n) is 6.96. The Kier molecular flexibility index (Phi) is 2.50. The zero-order valence-electron chi connectivity index (χ0n) is 11.2. The molecule has 1 saturated carbocycles. The van der Waals surface area contributed by atoms with E-state index in [9.17, 15) is 0 Å². The van der Waals surface area contributed by atoms with E-state index in [1.807, 2.05) is 24.4 Å². The molecule has 2 aromatic rings. The minimum Gasteiger partial charge on any atom is -0.454 e. The summed E-state index contributed by atoms with van der Waals surface area (Å²) in [5, 5.41) is 5.69. The zero-order valence-corrected chi connectivity index (χ0v) is 11.2. The van der Waals surface area contributed by atoms with Gasteiger partial charge in [0.25, 0.3) is 0 Å². The Bertz CT molecular complexity index is 662. The molecule has 1 aromatic heterocycles. The quantitative estimate of drug-likeness (QED) is 0.896. The van der Waals surface area contributed by atoms with Gasteiger partial charge in [0.2, 0.25) is 6.79 Å². The minimum atomic E-state index is 0.0116. The SMILES string of the molecule is NCC1(Nc2nccc3cc4c(cc23)OCO4)CCC1. The van der Waals surface area contributed by atoms with Crippen molar-refractivity contribution in [3.63, 3.8) is 0 Å². The Morgan fingerprint density at radius 1 is 1.25 bits per heavy atom. The molecule has 0 saturated heterocycles. The molecule has 2 heterocycles. The van der Waals surface area contributed by atoms with Gasteiger partial charge in [0.05, 0.1) is 5.54 Å². The van der Waals surface area contributed by atoms with E-state index in [1.54, 1.807) is 0 Å². The van der Waals surface area contributed by atoms with Crippen molar-refractivity contribution >= 4 is 16.6 Å². The Morgan fingerprint density at radius 2 is 2.05 bits per heavy atom. The van der Waals surface area contributed by atoms with Crippen LogP contribution in [0, 0.1) is 0 Å². The average Bonchev–Trinajstić information content (AvgIpc) is 2.88. The Morgan fingerprint density at radius 3 is 2.75 bits per heavy atom. The summed E-state index contributed by atoms with van der Waals surface area (Å²) in [7, 11) is 0. The van der Waals surface area contributed by atoms with Crippen molar-refractivity contribution in [1.82, 2.24) is 4.98 Å². The smallest absolute Gasteiger partial charge is 0.231 e. The molecule has 1 aromatic carbocycles. The fourth-order valence-electron chi connectivity index (χ4n) is 2.90. The Hall–Kier alpha value is -2.01. The molecule has 1 aliphatic carbocycles. The highest BCUT2D eigenvalue weighted by Gasteiger charge is 2.36. The van der Waals surface area contributed by atoms with E-state index in [0.29, 0.717) is 6.54 Å². The predicted molar refractivity (Wildman–Crippen MR) is 77.1 cm³/mol.